The van der Waals surface area contributed by atoms with E-state index < -0.39 is 0 Å². The molecule has 9 nitrogen and oxygen atoms in total. The van der Waals surface area contributed by atoms with E-state index in [-0.39, 0.29) is 0 Å². The summed E-state index contributed by atoms with van der Waals surface area (Å²) < 4.78 is 30.9. The van der Waals surface area contributed by atoms with Crippen molar-refractivity contribution in [1.29, 1.82) is 0 Å². The Morgan fingerprint density at radius 2 is 0.815 bits per heavy atom. The van der Waals surface area contributed by atoms with Gasteiger partial charge in [-0.1, -0.05) is 0 Å². The van der Waals surface area contributed by atoms with Crippen molar-refractivity contribution in [2.45, 2.75) is 13.1 Å². The average molecular weight is 382 g/mol. The molecule has 152 valence electrons. The quantitative estimate of drug-likeness (QED) is 0.354. The predicted octanol–water partition coefficient (Wildman–Crippen LogP) is 0.863. The van der Waals surface area contributed by atoms with Crippen LogP contribution in [0, 0.1) is 0 Å². The fourth-order valence-corrected chi connectivity index (χ4v) is 2.16. The Morgan fingerprint density at radius 3 is 1.11 bits per heavy atom. The van der Waals surface area contributed by atoms with E-state index in [1.807, 2.05) is 33.9 Å². The molecule has 0 radical (unpaired) electrons. The Kier molecular flexibility index (Phi) is 12.2. The first-order valence-corrected chi connectivity index (χ1v) is 9.29. The lowest BCUT2D eigenvalue weighted by Crippen LogP contribution is -2.14. The molecular weight excluding hydrogens is 352 g/mol. The molecule has 0 saturated heterocycles. The monoisotopic (exact) mass is 382 g/mol. The Balaban J connectivity index is 1.21. The summed E-state index contributed by atoms with van der Waals surface area (Å²) in [5.41, 5.74) is 0. The molecule has 2 aromatic heterocycles. The minimum Gasteiger partial charge on any atom is -0.377 e. The van der Waals surface area contributed by atoms with Crippen LogP contribution in [-0.4, -0.2) is 85.6 Å². The van der Waals surface area contributed by atoms with Gasteiger partial charge in [-0.25, -0.2) is 0 Å². The van der Waals surface area contributed by atoms with E-state index in [0.29, 0.717) is 66.1 Å². The lowest BCUT2D eigenvalue weighted by Gasteiger charge is -2.08. The lowest BCUT2D eigenvalue weighted by atomic mass is 10.6. The van der Waals surface area contributed by atoms with Crippen molar-refractivity contribution in [3.05, 3.63) is 36.9 Å². The molecule has 0 saturated carbocycles. The highest BCUT2D eigenvalue weighted by Crippen LogP contribution is 1.88. The summed E-state index contributed by atoms with van der Waals surface area (Å²) >= 11 is 0. The van der Waals surface area contributed by atoms with Crippen molar-refractivity contribution in [3.8, 4) is 0 Å². The standard InChI is InChI=1S/C18H30N4O5/c1-3-19-21(5-1)7-9-23-11-13-25-15-17-27-18-16-26-14-12-24-10-8-22-6-2-4-20-22/h1-6H,7-18H2. The first-order valence-electron chi connectivity index (χ1n) is 9.29. The third kappa shape index (κ3) is 11.5. The molecule has 0 N–H and O–H groups in total. The molecule has 9 heteroatoms. The third-order valence-corrected chi connectivity index (χ3v) is 3.54. The van der Waals surface area contributed by atoms with E-state index in [9.17, 15) is 0 Å². The van der Waals surface area contributed by atoms with Gasteiger partial charge in [0.1, 0.15) is 0 Å². The Bertz CT molecular complexity index is 488. The molecule has 2 rings (SSSR count). The van der Waals surface area contributed by atoms with Crippen LogP contribution in [0.5, 0.6) is 0 Å². The van der Waals surface area contributed by atoms with Crippen LogP contribution < -0.4 is 0 Å². The van der Waals surface area contributed by atoms with E-state index in [0.717, 1.165) is 13.1 Å². The SMILES string of the molecule is c1cnn(CCOCCOCCOCCOCCOCCn2cccn2)c1. The van der Waals surface area contributed by atoms with Crippen LogP contribution in [0.15, 0.2) is 36.9 Å². The molecule has 0 aliphatic rings. The molecule has 0 aliphatic carbocycles. The maximum atomic E-state index is 5.46. The van der Waals surface area contributed by atoms with Gasteiger partial charge >= 0.3 is 0 Å². The third-order valence-electron chi connectivity index (χ3n) is 3.54. The summed E-state index contributed by atoms with van der Waals surface area (Å²) in [7, 11) is 0. The molecule has 0 fully saturated rings. The summed E-state index contributed by atoms with van der Waals surface area (Å²) in [4.78, 5) is 0. The predicted molar refractivity (Wildman–Crippen MR) is 98.5 cm³/mol. The molecule has 27 heavy (non-hydrogen) atoms. The second-order valence-electron chi connectivity index (χ2n) is 5.60. The highest BCUT2D eigenvalue weighted by Gasteiger charge is 1.95. The van der Waals surface area contributed by atoms with Crippen molar-refractivity contribution in [3.63, 3.8) is 0 Å². The molecular formula is C18H30N4O5. The van der Waals surface area contributed by atoms with Gasteiger partial charge < -0.3 is 23.7 Å². The lowest BCUT2D eigenvalue weighted by molar-refractivity contribution is -0.0121. The summed E-state index contributed by atoms with van der Waals surface area (Å²) in [5, 5.41) is 8.20. The van der Waals surface area contributed by atoms with E-state index in [1.165, 1.54) is 0 Å². The summed E-state index contributed by atoms with van der Waals surface area (Å²) in [6.07, 6.45) is 7.34. The molecule has 0 spiro atoms. The number of hydrogen-bond acceptors (Lipinski definition) is 7. The normalized spacial score (nSPS) is 11.3. The number of rotatable bonds is 18. The highest BCUT2D eigenvalue weighted by atomic mass is 16.6. The maximum absolute atomic E-state index is 5.46. The van der Waals surface area contributed by atoms with Crippen molar-refractivity contribution < 1.29 is 23.7 Å². The first kappa shape index (κ1) is 21.5. The van der Waals surface area contributed by atoms with Crippen LogP contribution in [-0.2, 0) is 36.8 Å². The van der Waals surface area contributed by atoms with E-state index in [2.05, 4.69) is 10.2 Å². The van der Waals surface area contributed by atoms with Crippen LogP contribution >= 0.6 is 0 Å². The summed E-state index contributed by atoms with van der Waals surface area (Å²) in [6, 6.07) is 3.79. The van der Waals surface area contributed by atoms with Crippen molar-refractivity contribution in [2.75, 3.05) is 66.1 Å². The molecule has 0 amide bonds. The molecule has 2 heterocycles. The number of hydrogen-bond donors (Lipinski definition) is 0. The average Bonchev–Trinajstić information content (AvgIpc) is 3.38. The largest absolute Gasteiger partial charge is 0.377 e. The van der Waals surface area contributed by atoms with E-state index >= 15 is 0 Å². The number of ether oxygens (including phenoxy) is 5. The van der Waals surface area contributed by atoms with Gasteiger partial charge in [-0.05, 0) is 12.1 Å². The molecule has 0 unspecified atom stereocenters. The minimum absolute atomic E-state index is 0.553. The minimum atomic E-state index is 0.553. The summed E-state index contributed by atoms with van der Waals surface area (Å²) in [6.45, 7) is 7.26. The van der Waals surface area contributed by atoms with Crippen LogP contribution in [0.4, 0.5) is 0 Å². The fraction of sp³-hybridized carbons (Fsp3) is 0.667. The van der Waals surface area contributed by atoms with Crippen molar-refractivity contribution in [2.24, 2.45) is 0 Å². The second kappa shape index (κ2) is 15.3. The van der Waals surface area contributed by atoms with Crippen LogP contribution in [0.3, 0.4) is 0 Å². The summed E-state index contributed by atoms with van der Waals surface area (Å²) in [5.74, 6) is 0. The van der Waals surface area contributed by atoms with Gasteiger partial charge in [0.15, 0.2) is 0 Å². The zero-order chi connectivity index (χ0) is 18.8. The van der Waals surface area contributed by atoms with Gasteiger partial charge in [0.25, 0.3) is 0 Å². The van der Waals surface area contributed by atoms with Crippen LogP contribution in [0.2, 0.25) is 0 Å². The van der Waals surface area contributed by atoms with Crippen LogP contribution in [0.1, 0.15) is 0 Å². The number of nitrogens with zero attached hydrogens (tertiary/aromatic N) is 4. The first-order chi connectivity index (χ1) is 13.4. The Hall–Kier alpha value is -1.78. The molecule has 0 aliphatic heterocycles. The zero-order valence-electron chi connectivity index (χ0n) is 15.8. The molecule has 2 aromatic rings. The van der Waals surface area contributed by atoms with E-state index in [1.54, 1.807) is 12.4 Å². The smallest absolute Gasteiger partial charge is 0.0701 e. The van der Waals surface area contributed by atoms with E-state index in [4.69, 9.17) is 23.7 Å². The Labute approximate surface area is 160 Å². The number of aromatic nitrogens is 4. The van der Waals surface area contributed by atoms with Gasteiger partial charge in [-0.3, -0.25) is 9.36 Å². The second-order valence-corrected chi connectivity index (χ2v) is 5.60. The zero-order valence-corrected chi connectivity index (χ0v) is 15.8. The van der Waals surface area contributed by atoms with Gasteiger partial charge in [-0.15, -0.1) is 0 Å². The van der Waals surface area contributed by atoms with Gasteiger partial charge in [0.2, 0.25) is 0 Å². The topological polar surface area (TPSA) is 81.8 Å². The molecule has 0 bridgehead atoms. The molecule has 0 atom stereocenters. The highest BCUT2D eigenvalue weighted by molar-refractivity contribution is 4.77. The molecule has 0 aromatic carbocycles. The van der Waals surface area contributed by atoms with Gasteiger partial charge in [0.05, 0.1) is 79.2 Å². The van der Waals surface area contributed by atoms with Gasteiger partial charge in [0, 0.05) is 24.8 Å². The fourth-order valence-electron chi connectivity index (χ4n) is 2.16. The van der Waals surface area contributed by atoms with Crippen molar-refractivity contribution in [1.82, 2.24) is 19.6 Å². The van der Waals surface area contributed by atoms with Crippen molar-refractivity contribution >= 4 is 0 Å². The van der Waals surface area contributed by atoms with Gasteiger partial charge in [-0.2, -0.15) is 10.2 Å². The Morgan fingerprint density at radius 1 is 0.481 bits per heavy atom. The maximum Gasteiger partial charge on any atom is 0.0701 e. The van der Waals surface area contributed by atoms with Crippen LogP contribution in [0.25, 0.3) is 0 Å².